The highest BCUT2D eigenvalue weighted by molar-refractivity contribution is 7.15. The second-order valence-electron chi connectivity index (χ2n) is 3.72. The Kier molecular flexibility index (Phi) is 4.89. The van der Waals surface area contributed by atoms with Crippen molar-refractivity contribution in [2.45, 2.75) is 31.9 Å². The highest BCUT2D eigenvalue weighted by atomic mass is 35.5. The van der Waals surface area contributed by atoms with Crippen molar-refractivity contribution in [2.75, 3.05) is 12.3 Å². The van der Waals surface area contributed by atoms with Crippen molar-refractivity contribution in [3.63, 3.8) is 0 Å². The van der Waals surface area contributed by atoms with E-state index in [4.69, 9.17) is 5.73 Å². The van der Waals surface area contributed by atoms with Gasteiger partial charge in [0, 0.05) is 23.7 Å². The largest absolute Gasteiger partial charge is 0.375 e. The lowest BCUT2D eigenvalue weighted by Crippen LogP contribution is -2.30. The van der Waals surface area contributed by atoms with Crippen LogP contribution in [0.5, 0.6) is 0 Å². The van der Waals surface area contributed by atoms with Crippen LogP contribution in [0, 0.1) is 0 Å². The molecule has 92 valence electrons. The third-order valence-electron chi connectivity index (χ3n) is 2.37. The van der Waals surface area contributed by atoms with E-state index < -0.39 is 6.43 Å². The number of hydrogen-bond acceptors (Lipinski definition) is 4. The van der Waals surface area contributed by atoms with Gasteiger partial charge in [-0.15, -0.1) is 23.7 Å². The van der Waals surface area contributed by atoms with Crippen LogP contribution in [0.15, 0.2) is 6.20 Å². The van der Waals surface area contributed by atoms with Gasteiger partial charge in [0.2, 0.25) is 0 Å². The summed E-state index contributed by atoms with van der Waals surface area (Å²) < 4.78 is 24.6. The molecule has 0 saturated heterocycles. The Hall–Kier alpha value is -0.460. The van der Waals surface area contributed by atoms with E-state index in [-0.39, 0.29) is 19.0 Å². The minimum Gasteiger partial charge on any atom is -0.375 e. The molecule has 0 bridgehead atoms. The molecule has 0 unspecified atom stereocenters. The number of halogens is 3. The lowest BCUT2D eigenvalue weighted by atomic mass is 10.4. The molecular weight excluding hydrogens is 256 g/mol. The molecule has 1 saturated carbocycles. The zero-order chi connectivity index (χ0) is 10.8. The number of nitrogen functional groups attached to an aromatic ring is 1. The van der Waals surface area contributed by atoms with Gasteiger partial charge in [-0.05, 0) is 12.8 Å². The third kappa shape index (κ3) is 3.84. The Labute approximate surface area is 103 Å². The third-order valence-corrected chi connectivity index (χ3v) is 3.18. The maximum absolute atomic E-state index is 12.3. The van der Waals surface area contributed by atoms with Crippen LogP contribution in [-0.4, -0.2) is 28.9 Å². The number of hydrogen-bond donors (Lipinski definition) is 1. The lowest BCUT2D eigenvalue weighted by molar-refractivity contribution is 0.0810. The summed E-state index contributed by atoms with van der Waals surface area (Å²) in [5.74, 6) is 0. The van der Waals surface area contributed by atoms with Crippen molar-refractivity contribution < 1.29 is 8.78 Å². The first-order valence-corrected chi connectivity index (χ1v) is 5.69. The van der Waals surface area contributed by atoms with Crippen LogP contribution in [-0.2, 0) is 6.54 Å². The van der Waals surface area contributed by atoms with Crippen molar-refractivity contribution >= 4 is 28.9 Å². The number of anilines is 1. The van der Waals surface area contributed by atoms with Crippen LogP contribution in [0.4, 0.5) is 13.9 Å². The molecule has 0 amide bonds. The number of nitrogens with two attached hydrogens (primary N) is 1. The van der Waals surface area contributed by atoms with E-state index >= 15 is 0 Å². The van der Waals surface area contributed by atoms with Crippen molar-refractivity contribution in [1.82, 2.24) is 9.88 Å². The first kappa shape index (κ1) is 13.6. The number of thiazole rings is 1. The minimum absolute atomic E-state index is 0. The molecule has 1 aromatic heterocycles. The predicted octanol–water partition coefficient (Wildman–Crippen LogP) is 2.38. The molecule has 2 rings (SSSR count). The first-order valence-electron chi connectivity index (χ1n) is 4.87. The van der Waals surface area contributed by atoms with Crippen LogP contribution in [0.1, 0.15) is 17.7 Å². The lowest BCUT2D eigenvalue weighted by Gasteiger charge is -2.20. The minimum atomic E-state index is -2.27. The maximum atomic E-state index is 12.3. The number of rotatable bonds is 5. The van der Waals surface area contributed by atoms with Gasteiger partial charge in [0.15, 0.2) is 5.13 Å². The highest BCUT2D eigenvalue weighted by Crippen LogP contribution is 2.30. The molecule has 1 aliphatic carbocycles. The van der Waals surface area contributed by atoms with Crippen LogP contribution in [0.2, 0.25) is 0 Å². The van der Waals surface area contributed by atoms with Crippen molar-refractivity contribution in [3.8, 4) is 0 Å². The van der Waals surface area contributed by atoms with Crippen molar-refractivity contribution in [1.29, 1.82) is 0 Å². The van der Waals surface area contributed by atoms with Crippen LogP contribution >= 0.6 is 23.7 Å². The Morgan fingerprint density at radius 1 is 1.56 bits per heavy atom. The monoisotopic (exact) mass is 269 g/mol. The second-order valence-corrected chi connectivity index (χ2v) is 4.86. The van der Waals surface area contributed by atoms with Crippen LogP contribution < -0.4 is 5.73 Å². The van der Waals surface area contributed by atoms with Gasteiger partial charge in [-0.1, -0.05) is 0 Å². The molecule has 0 radical (unpaired) electrons. The SMILES string of the molecule is Cl.Nc1ncc(CN(CC(F)F)C2CC2)s1. The van der Waals surface area contributed by atoms with Gasteiger partial charge < -0.3 is 5.73 Å². The van der Waals surface area contributed by atoms with E-state index in [0.29, 0.717) is 17.7 Å². The summed E-state index contributed by atoms with van der Waals surface area (Å²) in [4.78, 5) is 6.69. The number of alkyl halides is 2. The van der Waals surface area contributed by atoms with E-state index in [2.05, 4.69) is 4.98 Å². The summed E-state index contributed by atoms with van der Waals surface area (Å²) >= 11 is 1.37. The molecule has 7 heteroatoms. The molecule has 2 N–H and O–H groups in total. The molecule has 0 atom stereocenters. The van der Waals surface area contributed by atoms with E-state index in [1.807, 2.05) is 4.90 Å². The maximum Gasteiger partial charge on any atom is 0.251 e. The van der Waals surface area contributed by atoms with Gasteiger partial charge in [-0.3, -0.25) is 4.90 Å². The molecule has 0 spiro atoms. The molecule has 1 aliphatic rings. The highest BCUT2D eigenvalue weighted by Gasteiger charge is 2.30. The normalized spacial score (nSPS) is 15.5. The molecule has 0 aliphatic heterocycles. The molecular formula is C9H14ClF2N3S. The van der Waals surface area contributed by atoms with Crippen LogP contribution in [0.25, 0.3) is 0 Å². The Balaban J connectivity index is 0.00000128. The smallest absolute Gasteiger partial charge is 0.251 e. The first-order chi connectivity index (χ1) is 7.15. The Morgan fingerprint density at radius 3 is 2.69 bits per heavy atom. The molecule has 1 fully saturated rings. The van der Waals surface area contributed by atoms with Gasteiger partial charge in [-0.2, -0.15) is 0 Å². The van der Waals surface area contributed by atoms with E-state index in [1.54, 1.807) is 6.20 Å². The Morgan fingerprint density at radius 2 is 2.25 bits per heavy atom. The fraction of sp³-hybridized carbons (Fsp3) is 0.667. The molecule has 16 heavy (non-hydrogen) atoms. The van der Waals surface area contributed by atoms with Crippen LogP contribution in [0.3, 0.4) is 0 Å². The quantitative estimate of drug-likeness (QED) is 0.892. The molecule has 1 heterocycles. The zero-order valence-electron chi connectivity index (χ0n) is 8.60. The summed E-state index contributed by atoms with van der Waals surface area (Å²) in [6.45, 7) is 0.395. The number of aromatic nitrogens is 1. The van der Waals surface area contributed by atoms with Gasteiger partial charge in [0.25, 0.3) is 6.43 Å². The summed E-state index contributed by atoms with van der Waals surface area (Å²) in [7, 11) is 0. The summed E-state index contributed by atoms with van der Waals surface area (Å²) in [6.07, 6.45) is 1.46. The summed E-state index contributed by atoms with van der Waals surface area (Å²) in [5, 5.41) is 0.498. The van der Waals surface area contributed by atoms with Gasteiger partial charge >= 0.3 is 0 Å². The topological polar surface area (TPSA) is 42.1 Å². The van der Waals surface area contributed by atoms with E-state index in [0.717, 1.165) is 17.7 Å². The fourth-order valence-corrected chi connectivity index (χ4v) is 2.27. The van der Waals surface area contributed by atoms with Crippen molar-refractivity contribution in [3.05, 3.63) is 11.1 Å². The second kappa shape index (κ2) is 5.75. The predicted molar refractivity (Wildman–Crippen MR) is 63.2 cm³/mol. The molecule has 3 nitrogen and oxygen atoms in total. The number of nitrogens with zero attached hydrogens (tertiary/aromatic N) is 2. The van der Waals surface area contributed by atoms with Crippen molar-refractivity contribution in [2.24, 2.45) is 0 Å². The van der Waals surface area contributed by atoms with Gasteiger partial charge in [0.1, 0.15) is 0 Å². The van der Waals surface area contributed by atoms with E-state index in [1.165, 1.54) is 11.3 Å². The average Bonchev–Trinajstić information content (AvgIpc) is 2.90. The fourth-order valence-electron chi connectivity index (χ4n) is 1.56. The van der Waals surface area contributed by atoms with Gasteiger partial charge in [-0.25, -0.2) is 13.8 Å². The van der Waals surface area contributed by atoms with E-state index in [9.17, 15) is 8.78 Å². The Bertz CT molecular complexity index is 330. The summed E-state index contributed by atoms with van der Waals surface area (Å²) in [5.41, 5.74) is 5.49. The van der Waals surface area contributed by atoms with Gasteiger partial charge in [0.05, 0.1) is 6.54 Å². The summed E-state index contributed by atoms with van der Waals surface area (Å²) in [6, 6.07) is 0.335. The zero-order valence-corrected chi connectivity index (χ0v) is 10.2. The molecule has 0 aromatic carbocycles. The standard InChI is InChI=1S/C9H13F2N3S.ClH/c10-8(11)5-14(6-1-2-6)4-7-3-13-9(12)15-7;/h3,6,8H,1-2,4-5H2,(H2,12,13);1H. The molecule has 1 aromatic rings. The average molecular weight is 270 g/mol.